The van der Waals surface area contributed by atoms with E-state index in [0.717, 1.165) is 16.2 Å². The fourth-order valence-electron chi connectivity index (χ4n) is 1.80. The summed E-state index contributed by atoms with van der Waals surface area (Å²) in [5.41, 5.74) is 1.20. The SMILES string of the molecule is CNS(=O)(=O)c1ccc(CNc2c(C#N)cccc2C#N)s1. The maximum Gasteiger partial charge on any atom is 0.249 e. The number of para-hydroxylation sites is 1. The molecule has 0 radical (unpaired) electrons. The maximum absolute atomic E-state index is 11.7. The van der Waals surface area contributed by atoms with Crippen LogP contribution in [0.2, 0.25) is 0 Å². The van der Waals surface area contributed by atoms with Crippen LogP contribution in [0.4, 0.5) is 5.69 Å². The van der Waals surface area contributed by atoms with Gasteiger partial charge in [-0.2, -0.15) is 10.5 Å². The van der Waals surface area contributed by atoms with Gasteiger partial charge in [-0.3, -0.25) is 0 Å². The molecule has 0 fully saturated rings. The largest absolute Gasteiger partial charge is 0.378 e. The summed E-state index contributed by atoms with van der Waals surface area (Å²) in [6.07, 6.45) is 0. The Balaban J connectivity index is 2.22. The van der Waals surface area contributed by atoms with E-state index in [2.05, 4.69) is 10.0 Å². The summed E-state index contributed by atoms with van der Waals surface area (Å²) in [4.78, 5) is 0.783. The Labute approximate surface area is 132 Å². The number of nitrogens with one attached hydrogen (secondary N) is 2. The van der Waals surface area contributed by atoms with Crippen LogP contribution in [0.1, 0.15) is 16.0 Å². The van der Waals surface area contributed by atoms with Crippen molar-refractivity contribution in [1.82, 2.24) is 4.72 Å². The summed E-state index contributed by atoms with van der Waals surface area (Å²) >= 11 is 1.13. The number of sulfonamides is 1. The second-order valence-corrected chi connectivity index (χ2v) is 7.52. The molecule has 2 N–H and O–H groups in total. The van der Waals surface area contributed by atoms with E-state index < -0.39 is 10.0 Å². The first kappa shape index (κ1) is 16.0. The van der Waals surface area contributed by atoms with Gasteiger partial charge in [0.25, 0.3) is 0 Å². The second kappa shape index (κ2) is 6.58. The molecule has 1 aromatic carbocycles. The molecule has 0 unspecified atom stereocenters. The molecule has 22 heavy (non-hydrogen) atoms. The van der Waals surface area contributed by atoms with Crippen LogP contribution in [0.15, 0.2) is 34.5 Å². The lowest BCUT2D eigenvalue weighted by Crippen LogP contribution is -2.17. The number of thiophene rings is 1. The summed E-state index contributed by atoms with van der Waals surface area (Å²) in [5.74, 6) is 0. The highest BCUT2D eigenvalue weighted by atomic mass is 32.2. The quantitative estimate of drug-likeness (QED) is 0.871. The van der Waals surface area contributed by atoms with Crippen molar-refractivity contribution in [2.24, 2.45) is 0 Å². The van der Waals surface area contributed by atoms with Crippen LogP contribution < -0.4 is 10.0 Å². The van der Waals surface area contributed by atoms with E-state index in [1.807, 2.05) is 12.1 Å². The lowest BCUT2D eigenvalue weighted by molar-refractivity contribution is 0.590. The smallest absolute Gasteiger partial charge is 0.249 e. The zero-order valence-corrected chi connectivity index (χ0v) is 13.3. The molecule has 2 rings (SSSR count). The van der Waals surface area contributed by atoms with Gasteiger partial charge in [0, 0.05) is 11.4 Å². The maximum atomic E-state index is 11.7. The van der Waals surface area contributed by atoms with E-state index in [0.29, 0.717) is 23.4 Å². The van der Waals surface area contributed by atoms with Crippen molar-refractivity contribution in [2.75, 3.05) is 12.4 Å². The molecule has 112 valence electrons. The summed E-state index contributed by atoms with van der Waals surface area (Å²) < 4.78 is 25.8. The molecule has 1 heterocycles. The first-order valence-electron chi connectivity index (χ1n) is 6.21. The summed E-state index contributed by atoms with van der Waals surface area (Å²) in [6.45, 7) is 0.331. The number of nitriles is 2. The van der Waals surface area contributed by atoms with Crippen LogP contribution in [0.5, 0.6) is 0 Å². The highest BCUT2D eigenvalue weighted by molar-refractivity contribution is 7.91. The molecular weight excluding hydrogens is 320 g/mol. The van der Waals surface area contributed by atoms with E-state index in [-0.39, 0.29) is 4.21 Å². The van der Waals surface area contributed by atoms with Gasteiger partial charge in [0.1, 0.15) is 16.3 Å². The number of hydrogen-bond acceptors (Lipinski definition) is 6. The minimum Gasteiger partial charge on any atom is -0.378 e. The lowest BCUT2D eigenvalue weighted by atomic mass is 10.1. The van der Waals surface area contributed by atoms with Crippen molar-refractivity contribution in [3.63, 3.8) is 0 Å². The van der Waals surface area contributed by atoms with Crippen molar-refractivity contribution in [3.05, 3.63) is 46.3 Å². The molecule has 0 aliphatic carbocycles. The summed E-state index contributed by atoms with van der Waals surface area (Å²) in [5, 5.41) is 21.2. The number of nitrogens with zero attached hydrogens (tertiary/aromatic N) is 2. The molecule has 6 nitrogen and oxygen atoms in total. The molecule has 0 aliphatic rings. The average Bonchev–Trinajstić information content (AvgIpc) is 3.02. The van der Waals surface area contributed by atoms with Gasteiger partial charge in [-0.1, -0.05) is 6.07 Å². The Morgan fingerprint density at radius 1 is 1.14 bits per heavy atom. The van der Waals surface area contributed by atoms with Gasteiger partial charge in [0.05, 0.1) is 16.8 Å². The van der Waals surface area contributed by atoms with Gasteiger partial charge in [-0.05, 0) is 31.3 Å². The monoisotopic (exact) mass is 332 g/mol. The van der Waals surface area contributed by atoms with E-state index in [9.17, 15) is 8.42 Å². The molecule has 0 spiro atoms. The molecule has 0 amide bonds. The van der Waals surface area contributed by atoms with Gasteiger partial charge in [0.15, 0.2) is 0 Å². The van der Waals surface area contributed by atoms with Crippen molar-refractivity contribution in [3.8, 4) is 12.1 Å². The van der Waals surface area contributed by atoms with Gasteiger partial charge < -0.3 is 5.32 Å². The number of hydrogen-bond donors (Lipinski definition) is 2. The van der Waals surface area contributed by atoms with Gasteiger partial charge >= 0.3 is 0 Å². The molecule has 0 saturated carbocycles. The van der Waals surface area contributed by atoms with E-state index in [1.165, 1.54) is 13.1 Å². The standard InChI is InChI=1S/C14H12N4O2S2/c1-17-22(19,20)13-6-5-12(21-13)9-18-14-10(7-15)3-2-4-11(14)8-16/h2-6,17-18H,9H2,1H3. The summed E-state index contributed by atoms with van der Waals surface area (Å²) in [6, 6.07) is 12.2. The topological polar surface area (TPSA) is 106 Å². The van der Waals surface area contributed by atoms with Crippen LogP contribution in [-0.4, -0.2) is 15.5 Å². The zero-order valence-electron chi connectivity index (χ0n) is 11.6. The Morgan fingerprint density at radius 3 is 2.32 bits per heavy atom. The third kappa shape index (κ3) is 3.26. The molecule has 0 atom stereocenters. The minimum absolute atomic E-state index is 0.223. The predicted octanol–water partition coefficient (Wildman–Crippen LogP) is 2.01. The highest BCUT2D eigenvalue weighted by Crippen LogP contribution is 2.24. The van der Waals surface area contributed by atoms with Crippen molar-refractivity contribution in [2.45, 2.75) is 10.8 Å². The summed E-state index contributed by atoms with van der Waals surface area (Å²) in [7, 11) is -2.09. The molecule has 1 aromatic heterocycles. The van der Waals surface area contributed by atoms with Crippen LogP contribution in [0, 0.1) is 22.7 Å². The normalized spacial score (nSPS) is 10.7. The highest BCUT2D eigenvalue weighted by Gasteiger charge is 2.14. The minimum atomic E-state index is -3.45. The average molecular weight is 332 g/mol. The van der Waals surface area contributed by atoms with Crippen molar-refractivity contribution in [1.29, 1.82) is 10.5 Å². The van der Waals surface area contributed by atoms with Gasteiger partial charge in [-0.15, -0.1) is 11.3 Å². The Hall–Kier alpha value is -2.39. The van der Waals surface area contributed by atoms with Crippen molar-refractivity contribution >= 4 is 27.0 Å². The van der Waals surface area contributed by atoms with Gasteiger partial charge in [0.2, 0.25) is 10.0 Å². The van der Waals surface area contributed by atoms with E-state index >= 15 is 0 Å². The Morgan fingerprint density at radius 2 is 1.77 bits per heavy atom. The van der Waals surface area contributed by atoms with E-state index in [1.54, 1.807) is 24.3 Å². The van der Waals surface area contributed by atoms with Crippen LogP contribution in [0.25, 0.3) is 0 Å². The van der Waals surface area contributed by atoms with Crippen LogP contribution in [0.3, 0.4) is 0 Å². The molecule has 2 aromatic rings. The Bertz CT molecular complexity index is 841. The molecule has 8 heteroatoms. The third-order valence-corrected chi connectivity index (χ3v) is 5.91. The zero-order chi connectivity index (χ0) is 16.2. The van der Waals surface area contributed by atoms with Crippen LogP contribution in [-0.2, 0) is 16.6 Å². The van der Waals surface area contributed by atoms with E-state index in [4.69, 9.17) is 10.5 Å². The molecular formula is C14H12N4O2S2. The second-order valence-electron chi connectivity index (χ2n) is 4.23. The number of rotatable bonds is 5. The van der Waals surface area contributed by atoms with Gasteiger partial charge in [-0.25, -0.2) is 13.1 Å². The molecule has 0 saturated heterocycles. The Kier molecular flexibility index (Phi) is 4.78. The van der Waals surface area contributed by atoms with Crippen LogP contribution >= 0.6 is 11.3 Å². The predicted molar refractivity (Wildman–Crippen MR) is 83.8 cm³/mol. The third-order valence-electron chi connectivity index (χ3n) is 2.92. The first-order valence-corrected chi connectivity index (χ1v) is 8.51. The number of benzene rings is 1. The molecule has 0 aliphatic heterocycles. The first-order chi connectivity index (χ1) is 10.5. The molecule has 0 bridgehead atoms. The van der Waals surface area contributed by atoms with Crippen molar-refractivity contribution < 1.29 is 8.42 Å². The number of anilines is 1. The fourth-order valence-corrected chi connectivity index (χ4v) is 3.94. The fraction of sp³-hybridized carbons (Fsp3) is 0.143. The lowest BCUT2D eigenvalue weighted by Gasteiger charge is -2.08.